The predicted octanol–water partition coefficient (Wildman–Crippen LogP) is 3.10. The lowest BCUT2D eigenvalue weighted by Gasteiger charge is -2.18. The summed E-state index contributed by atoms with van der Waals surface area (Å²) >= 11 is 0. The summed E-state index contributed by atoms with van der Waals surface area (Å²) in [7, 11) is 0. The van der Waals surface area contributed by atoms with Crippen LogP contribution in [-0.2, 0) is 0 Å². The van der Waals surface area contributed by atoms with Crippen LogP contribution in [-0.4, -0.2) is 6.17 Å². The number of rotatable bonds is 2. The molecule has 1 aromatic carbocycles. The topological polar surface area (TPSA) is 50.1 Å². The van der Waals surface area contributed by atoms with Gasteiger partial charge in [0.2, 0.25) is 0 Å². The van der Waals surface area contributed by atoms with E-state index in [1.807, 2.05) is 0 Å². The maximum Gasteiger partial charge on any atom is 0.0991 e. The Bertz CT molecular complexity index is 412. The molecule has 2 atom stereocenters. The summed E-state index contributed by atoms with van der Waals surface area (Å²) in [5.74, 6) is 0.590. The van der Waals surface area contributed by atoms with Gasteiger partial charge in [0, 0.05) is 0 Å². The van der Waals surface area contributed by atoms with E-state index in [1.54, 1.807) is 0 Å². The lowest BCUT2D eigenvalue weighted by molar-refractivity contribution is 0.511. The summed E-state index contributed by atoms with van der Waals surface area (Å²) in [6.45, 7) is 8.62. The zero-order valence-corrected chi connectivity index (χ0v) is 10.5. The smallest absolute Gasteiger partial charge is 0.0991 e. The molecule has 3 heteroatoms. The summed E-state index contributed by atoms with van der Waals surface area (Å²) in [5.41, 5.74) is 11.7. The Hall–Kier alpha value is -1.38. The van der Waals surface area contributed by atoms with Gasteiger partial charge in [-0.05, 0) is 43.4 Å². The molecule has 2 rings (SSSR count). The van der Waals surface area contributed by atoms with Crippen molar-refractivity contribution in [1.82, 2.24) is 0 Å². The highest BCUT2D eigenvalue weighted by atomic mass is 15.2. The first-order chi connectivity index (χ1) is 7.54. The molecule has 0 fully saturated rings. The third-order valence-corrected chi connectivity index (χ3v) is 3.72. The lowest BCUT2D eigenvalue weighted by atomic mass is 10.1. The molecule has 1 aliphatic heterocycles. The molecule has 3 nitrogen and oxygen atoms in total. The SMILES string of the molecule is CCC(C)C1Nc2cc(C)c(C)c(N)c2N1. The first kappa shape index (κ1) is 11.1. The minimum Gasteiger partial charge on any atom is -0.397 e. The second-order valence-electron chi connectivity index (χ2n) is 4.81. The van der Waals surface area contributed by atoms with Crippen LogP contribution in [0.3, 0.4) is 0 Å². The molecule has 1 aromatic rings. The van der Waals surface area contributed by atoms with Crippen molar-refractivity contribution in [3.05, 3.63) is 17.2 Å². The molecule has 0 saturated heterocycles. The van der Waals surface area contributed by atoms with Crippen molar-refractivity contribution in [2.24, 2.45) is 5.92 Å². The molecule has 0 saturated carbocycles. The highest BCUT2D eigenvalue weighted by Crippen LogP contribution is 2.39. The number of benzene rings is 1. The number of hydrogen-bond acceptors (Lipinski definition) is 3. The summed E-state index contributed by atoms with van der Waals surface area (Å²) in [6, 6.07) is 2.18. The normalized spacial score (nSPS) is 19.9. The van der Waals surface area contributed by atoms with Gasteiger partial charge in [-0.3, -0.25) is 0 Å². The van der Waals surface area contributed by atoms with E-state index >= 15 is 0 Å². The summed E-state index contributed by atoms with van der Waals surface area (Å²) < 4.78 is 0. The quantitative estimate of drug-likeness (QED) is 0.670. The van der Waals surface area contributed by atoms with E-state index < -0.39 is 0 Å². The molecule has 4 N–H and O–H groups in total. The molecule has 0 aromatic heterocycles. The molecule has 0 radical (unpaired) electrons. The van der Waals surface area contributed by atoms with Crippen molar-refractivity contribution >= 4 is 17.1 Å². The monoisotopic (exact) mass is 219 g/mol. The van der Waals surface area contributed by atoms with Crippen LogP contribution in [0.15, 0.2) is 6.07 Å². The molecular formula is C13H21N3. The Labute approximate surface area is 97.4 Å². The van der Waals surface area contributed by atoms with Gasteiger partial charge < -0.3 is 16.4 Å². The lowest BCUT2D eigenvalue weighted by Crippen LogP contribution is -2.29. The van der Waals surface area contributed by atoms with Crippen LogP contribution in [0.2, 0.25) is 0 Å². The van der Waals surface area contributed by atoms with Crippen LogP contribution in [0, 0.1) is 19.8 Å². The fourth-order valence-electron chi connectivity index (χ4n) is 2.09. The number of nitrogen functional groups attached to an aromatic ring is 1. The zero-order valence-electron chi connectivity index (χ0n) is 10.5. The van der Waals surface area contributed by atoms with Gasteiger partial charge in [0.15, 0.2) is 0 Å². The van der Waals surface area contributed by atoms with Crippen molar-refractivity contribution in [3.8, 4) is 0 Å². The van der Waals surface area contributed by atoms with Crippen LogP contribution < -0.4 is 16.4 Å². The molecule has 88 valence electrons. The minimum atomic E-state index is 0.309. The number of fused-ring (bicyclic) bond motifs is 1. The van der Waals surface area contributed by atoms with Crippen LogP contribution in [0.4, 0.5) is 17.1 Å². The minimum absolute atomic E-state index is 0.309. The Morgan fingerprint density at radius 2 is 2.06 bits per heavy atom. The average Bonchev–Trinajstić information content (AvgIpc) is 2.69. The fourth-order valence-corrected chi connectivity index (χ4v) is 2.09. The molecule has 0 amide bonds. The Kier molecular flexibility index (Phi) is 2.70. The van der Waals surface area contributed by atoms with E-state index in [0.29, 0.717) is 12.1 Å². The molecule has 2 unspecified atom stereocenters. The molecular weight excluding hydrogens is 198 g/mol. The van der Waals surface area contributed by atoms with Crippen LogP contribution in [0.1, 0.15) is 31.4 Å². The highest BCUT2D eigenvalue weighted by Gasteiger charge is 2.26. The van der Waals surface area contributed by atoms with Gasteiger partial charge in [-0.2, -0.15) is 0 Å². The number of nitrogens with two attached hydrogens (primary N) is 1. The van der Waals surface area contributed by atoms with Gasteiger partial charge in [0.25, 0.3) is 0 Å². The van der Waals surface area contributed by atoms with Gasteiger partial charge in [0.05, 0.1) is 23.2 Å². The Morgan fingerprint density at radius 3 is 2.69 bits per heavy atom. The van der Waals surface area contributed by atoms with E-state index in [1.165, 1.54) is 11.1 Å². The maximum atomic E-state index is 6.14. The fraction of sp³-hybridized carbons (Fsp3) is 0.538. The highest BCUT2D eigenvalue weighted by molar-refractivity contribution is 5.88. The third-order valence-electron chi connectivity index (χ3n) is 3.72. The van der Waals surface area contributed by atoms with Crippen LogP contribution in [0.5, 0.6) is 0 Å². The molecule has 1 aliphatic rings. The number of nitrogens with one attached hydrogen (secondary N) is 2. The van der Waals surface area contributed by atoms with Crippen molar-refractivity contribution in [2.45, 2.75) is 40.3 Å². The first-order valence-electron chi connectivity index (χ1n) is 5.97. The van der Waals surface area contributed by atoms with Crippen molar-refractivity contribution in [2.75, 3.05) is 16.4 Å². The molecule has 0 spiro atoms. The van der Waals surface area contributed by atoms with Gasteiger partial charge in [-0.1, -0.05) is 13.8 Å². The van der Waals surface area contributed by atoms with E-state index in [9.17, 15) is 0 Å². The van der Waals surface area contributed by atoms with Gasteiger partial charge >= 0.3 is 0 Å². The molecule has 1 heterocycles. The second kappa shape index (κ2) is 3.89. The first-order valence-corrected chi connectivity index (χ1v) is 5.97. The van der Waals surface area contributed by atoms with Crippen LogP contribution in [0.25, 0.3) is 0 Å². The summed E-state index contributed by atoms with van der Waals surface area (Å²) in [5, 5.41) is 6.99. The number of aryl methyl sites for hydroxylation is 1. The summed E-state index contributed by atoms with van der Waals surface area (Å²) in [4.78, 5) is 0. The maximum absolute atomic E-state index is 6.14. The van der Waals surface area contributed by atoms with Gasteiger partial charge in [-0.25, -0.2) is 0 Å². The number of hydrogen-bond donors (Lipinski definition) is 3. The second-order valence-corrected chi connectivity index (χ2v) is 4.81. The van der Waals surface area contributed by atoms with Crippen LogP contribution >= 0.6 is 0 Å². The van der Waals surface area contributed by atoms with Crippen molar-refractivity contribution < 1.29 is 0 Å². The molecule has 16 heavy (non-hydrogen) atoms. The van der Waals surface area contributed by atoms with E-state index in [-0.39, 0.29) is 0 Å². The van der Waals surface area contributed by atoms with Gasteiger partial charge in [-0.15, -0.1) is 0 Å². The largest absolute Gasteiger partial charge is 0.397 e. The zero-order chi connectivity index (χ0) is 11.9. The molecule has 0 aliphatic carbocycles. The standard InChI is InChI=1S/C13H21N3/c1-5-7(2)13-15-10-6-8(3)9(4)11(14)12(10)16-13/h6-7,13,15-16H,5,14H2,1-4H3. The van der Waals surface area contributed by atoms with Crippen molar-refractivity contribution in [3.63, 3.8) is 0 Å². The Balaban J connectivity index is 2.34. The predicted molar refractivity (Wildman–Crippen MR) is 70.8 cm³/mol. The molecule has 0 bridgehead atoms. The number of anilines is 3. The Morgan fingerprint density at radius 1 is 1.38 bits per heavy atom. The summed E-state index contributed by atoms with van der Waals surface area (Å²) in [6.07, 6.45) is 1.46. The van der Waals surface area contributed by atoms with E-state index in [2.05, 4.69) is 44.4 Å². The van der Waals surface area contributed by atoms with Gasteiger partial charge in [0.1, 0.15) is 0 Å². The third kappa shape index (κ3) is 1.60. The van der Waals surface area contributed by atoms with Crippen molar-refractivity contribution in [1.29, 1.82) is 0 Å². The van der Waals surface area contributed by atoms with E-state index in [0.717, 1.165) is 23.5 Å². The van der Waals surface area contributed by atoms with E-state index in [4.69, 9.17) is 5.73 Å². The average molecular weight is 219 g/mol.